The highest BCUT2D eigenvalue weighted by Crippen LogP contribution is 2.22. The number of benzene rings is 1. The monoisotopic (exact) mass is 276 g/mol. The quantitative estimate of drug-likeness (QED) is 0.839. The van der Waals surface area contributed by atoms with E-state index in [-0.39, 0.29) is 5.56 Å². The van der Waals surface area contributed by atoms with E-state index < -0.39 is 5.97 Å². The number of hydrogen-bond acceptors (Lipinski definition) is 4. The second-order valence-electron chi connectivity index (χ2n) is 4.26. The molecule has 100 valence electrons. The van der Waals surface area contributed by atoms with Crippen molar-refractivity contribution >= 4 is 28.1 Å². The first-order valence-electron chi connectivity index (χ1n) is 6.24. The smallest absolute Gasteiger partial charge is 0.335 e. The molecule has 5 heteroatoms. The van der Waals surface area contributed by atoms with Gasteiger partial charge in [0.1, 0.15) is 0 Å². The Hall–Kier alpha value is -1.88. The van der Waals surface area contributed by atoms with Crippen LogP contribution in [0.15, 0.2) is 29.6 Å². The lowest BCUT2D eigenvalue weighted by atomic mass is 10.2. The molecule has 2 rings (SSSR count). The third kappa shape index (κ3) is 3.79. The van der Waals surface area contributed by atoms with Gasteiger partial charge in [-0.2, -0.15) is 0 Å². The Kier molecular flexibility index (Phi) is 4.52. The van der Waals surface area contributed by atoms with Crippen LogP contribution in [0.5, 0.6) is 0 Å². The molecule has 0 saturated heterocycles. The molecular weight excluding hydrogens is 260 g/mol. The van der Waals surface area contributed by atoms with Gasteiger partial charge in [-0.1, -0.05) is 13.3 Å². The zero-order valence-corrected chi connectivity index (χ0v) is 11.5. The number of carboxylic acid groups (broad SMARTS) is 1. The summed E-state index contributed by atoms with van der Waals surface area (Å²) in [6.07, 6.45) is 3.32. The van der Waals surface area contributed by atoms with Gasteiger partial charge in [-0.15, -0.1) is 11.3 Å². The highest BCUT2D eigenvalue weighted by Gasteiger charge is 2.04. The number of anilines is 2. The number of thiazole rings is 1. The van der Waals surface area contributed by atoms with Crippen molar-refractivity contribution in [3.8, 4) is 0 Å². The third-order valence-electron chi connectivity index (χ3n) is 2.72. The molecule has 0 fully saturated rings. The van der Waals surface area contributed by atoms with E-state index in [0.717, 1.165) is 35.8 Å². The number of aromatic nitrogens is 1. The average Bonchev–Trinajstić information content (AvgIpc) is 2.84. The van der Waals surface area contributed by atoms with Crippen LogP contribution in [-0.2, 0) is 6.42 Å². The molecule has 4 nitrogen and oxygen atoms in total. The summed E-state index contributed by atoms with van der Waals surface area (Å²) in [5.74, 6) is -0.914. The minimum absolute atomic E-state index is 0.285. The first kappa shape index (κ1) is 13.5. The molecule has 0 spiro atoms. The number of unbranched alkanes of at least 4 members (excludes halogenated alkanes) is 1. The standard InChI is InChI=1S/C14H16N2O2S/c1-2-3-4-12-9-19-14(16-12)15-11-7-5-10(6-8-11)13(17)18/h5-9H,2-4H2,1H3,(H,15,16)(H,17,18). The van der Waals surface area contributed by atoms with Gasteiger partial charge in [0.2, 0.25) is 0 Å². The average molecular weight is 276 g/mol. The number of aromatic carboxylic acids is 1. The second kappa shape index (κ2) is 6.33. The van der Waals surface area contributed by atoms with Crippen molar-refractivity contribution in [2.45, 2.75) is 26.2 Å². The Morgan fingerprint density at radius 2 is 2.11 bits per heavy atom. The molecule has 0 amide bonds. The Morgan fingerprint density at radius 1 is 1.37 bits per heavy atom. The SMILES string of the molecule is CCCCc1csc(Nc2ccc(C(=O)O)cc2)n1. The molecule has 0 aliphatic rings. The van der Waals surface area contributed by atoms with E-state index >= 15 is 0 Å². The van der Waals surface area contributed by atoms with Crippen LogP contribution in [0.1, 0.15) is 35.8 Å². The molecule has 0 atom stereocenters. The van der Waals surface area contributed by atoms with Crippen molar-refractivity contribution in [3.05, 3.63) is 40.9 Å². The normalized spacial score (nSPS) is 10.4. The number of hydrogen-bond donors (Lipinski definition) is 2. The summed E-state index contributed by atoms with van der Waals surface area (Å²) in [4.78, 5) is 15.2. The first-order valence-corrected chi connectivity index (χ1v) is 7.12. The van der Waals surface area contributed by atoms with Crippen LogP contribution in [0, 0.1) is 0 Å². The molecule has 2 N–H and O–H groups in total. The third-order valence-corrected chi connectivity index (χ3v) is 3.53. The molecule has 0 aliphatic heterocycles. The Bertz CT molecular complexity index is 549. The largest absolute Gasteiger partial charge is 0.478 e. The summed E-state index contributed by atoms with van der Waals surface area (Å²) in [5, 5.41) is 14.9. The lowest BCUT2D eigenvalue weighted by molar-refractivity contribution is 0.0697. The summed E-state index contributed by atoms with van der Waals surface area (Å²) in [7, 11) is 0. The molecule has 0 radical (unpaired) electrons. The molecule has 19 heavy (non-hydrogen) atoms. The molecule has 0 aliphatic carbocycles. The minimum atomic E-state index is -0.914. The van der Waals surface area contributed by atoms with Crippen LogP contribution >= 0.6 is 11.3 Å². The minimum Gasteiger partial charge on any atom is -0.478 e. The topological polar surface area (TPSA) is 62.2 Å². The van der Waals surface area contributed by atoms with Gasteiger partial charge in [0.25, 0.3) is 0 Å². The summed E-state index contributed by atoms with van der Waals surface area (Å²) >= 11 is 1.57. The zero-order chi connectivity index (χ0) is 13.7. The fourth-order valence-corrected chi connectivity index (χ4v) is 2.42. The van der Waals surface area contributed by atoms with Gasteiger partial charge in [-0.25, -0.2) is 9.78 Å². The predicted molar refractivity (Wildman–Crippen MR) is 77.4 cm³/mol. The van der Waals surface area contributed by atoms with E-state index in [1.165, 1.54) is 0 Å². The van der Waals surface area contributed by atoms with Crippen LogP contribution in [-0.4, -0.2) is 16.1 Å². The molecule has 0 bridgehead atoms. The summed E-state index contributed by atoms with van der Waals surface area (Å²) in [5.41, 5.74) is 2.24. The van der Waals surface area contributed by atoms with E-state index in [9.17, 15) is 4.79 Å². The number of rotatable bonds is 6. The van der Waals surface area contributed by atoms with Gasteiger partial charge >= 0.3 is 5.97 Å². The van der Waals surface area contributed by atoms with Crippen LogP contribution in [0.3, 0.4) is 0 Å². The zero-order valence-electron chi connectivity index (χ0n) is 10.7. The van der Waals surface area contributed by atoms with Crippen molar-refractivity contribution in [2.24, 2.45) is 0 Å². The Balaban J connectivity index is 2.00. The maximum absolute atomic E-state index is 10.7. The van der Waals surface area contributed by atoms with E-state index in [1.807, 2.05) is 0 Å². The number of carboxylic acids is 1. The maximum atomic E-state index is 10.7. The van der Waals surface area contributed by atoms with E-state index in [0.29, 0.717) is 0 Å². The maximum Gasteiger partial charge on any atom is 0.335 e. The first-order chi connectivity index (χ1) is 9.19. The fraction of sp³-hybridized carbons (Fsp3) is 0.286. The molecule has 0 unspecified atom stereocenters. The lowest BCUT2D eigenvalue weighted by Gasteiger charge is -2.02. The van der Waals surface area contributed by atoms with E-state index in [4.69, 9.17) is 5.11 Å². The highest BCUT2D eigenvalue weighted by molar-refractivity contribution is 7.13. The number of nitrogens with zero attached hydrogens (tertiary/aromatic N) is 1. The molecule has 0 saturated carbocycles. The van der Waals surface area contributed by atoms with Gasteiger partial charge in [-0.05, 0) is 37.1 Å². The van der Waals surface area contributed by atoms with Gasteiger partial charge in [0.15, 0.2) is 5.13 Å². The summed E-state index contributed by atoms with van der Waals surface area (Å²) < 4.78 is 0. The van der Waals surface area contributed by atoms with Crippen molar-refractivity contribution < 1.29 is 9.90 Å². The van der Waals surface area contributed by atoms with Crippen molar-refractivity contribution in [1.29, 1.82) is 0 Å². The Labute approximate surface area is 116 Å². The molecule has 1 aromatic carbocycles. The number of carbonyl (C=O) groups is 1. The fourth-order valence-electron chi connectivity index (χ4n) is 1.66. The van der Waals surface area contributed by atoms with Crippen LogP contribution in [0.25, 0.3) is 0 Å². The number of nitrogens with one attached hydrogen (secondary N) is 1. The van der Waals surface area contributed by atoms with Crippen molar-refractivity contribution in [1.82, 2.24) is 4.98 Å². The molecule has 2 aromatic rings. The summed E-state index contributed by atoms with van der Waals surface area (Å²) in [6.45, 7) is 2.16. The Morgan fingerprint density at radius 3 is 2.74 bits per heavy atom. The van der Waals surface area contributed by atoms with Crippen LogP contribution < -0.4 is 5.32 Å². The van der Waals surface area contributed by atoms with Gasteiger partial charge < -0.3 is 10.4 Å². The van der Waals surface area contributed by atoms with Gasteiger partial charge in [-0.3, -0.25) is 0 Å². The molecule has 1 aromatic heterocycles. The van der Waals surface area contributed by atoms with E-state index in [1.54, 1.807) is 35.6 Å². The van der Waals surface area contributed by atoms with Crippen molar-refractivity contribution in [3.63, 3.8) is 0 Å². The predicted octanol–water partition coefficient (Wildman–Crippen LogP) is 3.93. The van der Waals surface area contributed by atoms with Gasteiger partial charge in [0, 0.05) is 11.1 Å². The van der Waals surface area contributed by atoms with E-state index in [2.05, 4.69) is 22.6 Å². The number of aryl methyl sites for hydroxylation is 1. The van der Waals surface area contributed by atoms with Crippen LogP contribution in [0.4, 0.5) is 10.8 Å². The highest BCUT2D eigenvalue weighted by atomic mass is 32.1. The second-order valence-corrected chi connectivity index (χ2v) is 5.11. The summed E-state index contributed by atoms with van der Waals surface area (Å²) in [6, 6.07) is 6.65. The molecular formula is C14H16N2O2S. The lowest BCUT2D eigenvalue weighted by Crippen LogP contribution is -1.96. The van der Waals surface area contributed by atoms with Crippen molar-refractivity contribution in [2.75, 3.05) is 5.32 Å². The van der Waals surface area contributed by atoms with Crippen LogP contribution in [0.2, 0.25) is 0 Å². The molecule has 1 heterocycles. The van der Waals surface area contributed by atoms with Gasteiger partial charge in [0.05, 0.1) is 11.3 Å².